The van der Waals surface area contributed by atoms with Gasteiger partial charge in [-0.2, -0.15) is 0 Å². The Labute approximate surface area is 63.2 Å². The minimum absolute atomic E-state index is 0.137. The van der Waals surface area contributed by atoms with Crippen LogP contribution in [0.25, 0.3) is 0 Å². The van der Waals surface area contributed by atoms with E-state index in [9.17, 15) is 9.70 Å². The van der Waals surface area contributed by atoms with Crippen molar-refractivity contribution in [2.45, 2.75) is 13.0 Å². The molecule has 1 atom stereocenters. The van der Waals surface area contributed by atoms with E-state index in [1.807, 2.05) is 0 Å². The highest BCUT2D eigenvalue weighted by Crippen LogP contribution is 1.93. The largest absolute Gasteiger partial charge is 0.464 e. The Hall–Kier alpha value is -1.46. The molecule has 0 heterocycles. The van der Waals surface area contributed by atoms with Crippen LogP contribution < -0.4 is 5.73 Å². The van der Waals surface area contributed by atoms with Crippen molar-refractivity contribution in [3.63, 3.8) is 0 Å². The Balaban J connectivity index is 4.14. The Morgan fingerprint density at radius 3 is 2.64 bits per heavy atom. The number of carbonyl (C=O) groups is 1. The predicted octanol–water partition coefficient (Wildman–Crippen LogP) is -0.380. The fourth-order valence-electron chi connectivity index (χ4n) is 0.448. The second kappa shape index (κ2) is 4.37. The Morgan fingerprint density at radius 2 is 2.36 bits per heavy atom. The maximum atomic E-state index is 10.7. The van der Waals surface area contributed by atoms with Crippen LogP contribution in [0.4, 0.5) is 0 Å². The average Bonchev–Trinajstić information content (AvgIpc) is 1.88. The normalized spacial score (nSPS) is 11.7. The molecular weight excluding hydrogens is 150 g/mol. The third-order valence-corrected chi connectivity index (χ3v) is 0.910. The fourth-order valence-corrected chi connectivity index (χ4v) is 0.448. The van der Waals surface area contributed by atoms with Gasteiger partial charge in [0.1, 0.15) is 5.84 Å². The van der Waals surface area contributed by atoms with Crippen LogP contribution in [0.2, 0.25) is 0 Å². The molecule has 0 aromatic heterocycles. The van der Waals surface area contributed by atoms with Crippen molar-refractivity contribution in [1.29, 1.82) is 5.41 Å². The van der Waals surface area contributed by atoms with Crippen molar-refractivity contribution >= 4 is 11.8 Å². The van der Waals surface area contributed by atoms with Crippen molar-refractivity contribution in [1.82, 2.24) is 0 Å². The first-order chi connectivity index (χ1) is 5.13. The van der Waals surface area contributed by atoms with Crippen molar-refractivity contribution in [2.75, 3.05) is 6.61 Å². The molecule has 62 valence electrons. The lowest BCUT2D eigenvalue weighted by Crippen LogP contribution is -2.34. The first-order valence-electron chi connectivity index (χ1n) is 2.96. The minimum atomic E-state index is -1.49. The van der Waals surface area contributed by atoms with Crippen LogP contribution in [0.5, 0.6) is 0 Å². The molecule has 0 aliphatic heterocycles. The molecule has 0 radical (unpaired) electrons. The molecule has 0 bridgehead atoms. The van der Waals surface area contributed by atoms with Crippen LogP contribution in [-0.2, 0) is 9.53 Å². The summed E-state index contributed by atoms with van der Waals surface area (Å²) in [6.07, 6.45) is 0. The van der Waals surface area contributed by atoms with Gasteiger partial charge in [0.2, 0.25) is 6.04 Å². The van der Waals surface area contributed by atoms with Gasteiger partial charge in [-0.3, -0.25) is 5.41 Å². The number of nitrogens with two attached hydrogens (primary N) is 1. The summed E-state index contributed by atoms with van der Waals surface area (Å²) in [5.41, 5.74) is 4.87. The predicted molar refractivity (Wildman–Crippen MR) is 38.1 cm³/mol. The van der Waals surface area contributed by atoms with Crippen molar-refractivity contribution in [3.8, 4) is 0 Å². The molecule has 6 heteroatoms. The van der Waals surface area contributed by atoms with E-state index in [-0.39, 0.29) is 6.61 Å². The quantitative estimate of drug-likeness (QED) is 0.252. The van der Waals surface area contributed by atoms with Gasteiger partial charge in [0.15, 0.2) is 0 Å². The van der Waals surface area contributed by atoms with Gasteiger partial charge in [-0.25, -0.2) is 4.79 Å². The monoisotopic (exact) mass is 159 g/mol. The number of hydrogen-bond donors (Lipinski definition) is 2. The number of nitrogens with one attached hydrogen (secondary N) is 1. The highest BCUT2D eigenvalue weighted by atomic mass is 16.5. The van der Waals surface area contributed by atoms with Crippen LogP contribution in [0, 0.1) is 10.3 Å². The lowest BCUT2D eigenvalue weighted by atomic mass is 10.3. The van der Waals surface area contributed by atoms with E-state index in [0.29, 0.717) is 0 Å². The summed E-state index contributed by atoms with van der Waals surface area (Å²) in [5, 5.41) is 9.08. The molecule has 0 spiro atoms. The van der Waals surface area contributed by atoms with E-state index in [1.165, 1.54) is 0 Å². The van der Waals surface area contributed by atoms with Gasteiger partial charge in [-0.15, -0.1) is 4.91 Å². The molecule has 0 amide bonds. The lowest BCUT2D eigenvalue weighted by Gasteiger charge is -2.04. The van der Waals surface area contributed by atoms with Crippen LogP contribution in [0.1, 0.15) is 6.92 Å². The zero-order chi connectivity index (χ0) is 8.85. The molecule has 11 heavy (non-hydrogen) atoms. The molecule has 1 unspecified atom stereocenters. The summed E-state index contributed by atoms with van der Waals surface area (Å²) in [7, 11) is 0. The smallest absolute Gasteiger partial charge is 0.342 e. The molecule has 0 saturated carbocycles. The number of nitrogens with zero attached hydrogens (tertiary/aromatic N) is 1. The van der Waals surface area contributed by atoms with E-state index in [4.69, 9.17) is 11.1 Å². The zero-order valence-corrected chi connectivity index (χ0v) is 6.03. The molecule has 0 fully saturated rings. The third kappa shape index (κ3) is 2.74. The van der Waals surface area contributed by atoms with E-state index in [1.54, 1.807) is 6.92 Å². The molecule has 0 aromatic rings. The van der Waals surface area contributed by atoms with Gasteiger partial charge in [-0.05, 0) is 12.1 Å². The van der Waals surface area contributed by atoms with Gasteiger partial charge in [0.05, 0.1) is 6.61 Å². The number of rotatable bonds is 4. The summed E-state index contributed by atoms with van der Waals surface area (Å²) in [6, 6.07) is -1.49. The summed E-state index contributed by atoms with van der Waals surface area (Å²) >= 11 is 0. The first-order valence-corrected chi connectivity index (χ1v) is 2.96. The summed E-state index contributed by atoms with van der Waals surface area (Å²) in [4.78, 5) is 20.6. The molecular formula is C5H9N3O3. The number of hydrogen-bond acceptors (Lipinski definition) is 5. The third-order valence-electron chi connectivity index (χ3n) is 0.910. The number of nitroso groups, excluding NO2 is 1. The van der Waals surface area contributed by atoms with Crippen LogP contribution in [0.15, 0.2) is 5.18 Å². The SMILES string of the molecule is CCOC(=O)C(N=O)C(=N)N. The van der Waals surface area contributed by atoms with Gasteiger partial charge < -0.3 is 10.5 Å². The molecule has 0 aliphatic rings. The first kappa shape index (κ1) is 9.54. The van der Waals surface area contributed by atoms with Gasteiger partial charge in [0, 0.05) is 0 Å². The van der Waals surface area contributed by atoms with Gasteiger partial charge in [-0.1, -0.05) is 0 Å². The number of ether oxygens (including phenoxy) is 1. The standard InChI is InChI=1S/C5H9N3O3/c1-2-11-5(9)3(8-10)4(6)7/h3H,2H2,1H3,(H3,6,7). The van der Waals surface area contributed by atoms with Crippen LogP contribution in [-0.4, -0.2) is 24.5 Å². The number of esters is 1. The minimum Gasteiger partial charge on any atom is -0.464 e. The average molecular weight is 159 g/mol. The second-order valence-corrected chi connectivity index (χ2v) is 1.72. The molecule has 0 rings (SSSR count). The number of carbonyl (C=O) groups excluding carboxylic acids is 1. The van der Waals surface area contributed by atoms with Gasteiger partial charge >= 0.3 is 5.97 Å². The summed E-state index contributed by atoms with van der Waals surface area (Å²) in [5.74, 6) is -1.48. The summed E-state index contributed by atoms with van der Waals surface area (Å²) < 4.78 is 4.40. The highest BCUT2D eigenvalue weighted by Gasteiger charge is 2.23. The van der Waals surface area contributed by atoms with Crippen molar-refractivity contribution in [2.24, 2.45) is 10.9 Å². The van der Waals surface area contributed by atoms with E-state index in [0.717, 1.165) is 0 Å². The van der Waals surface area contributed by atoms with E-state index in [2.05, 4.69) is 9.91 Å². The van der Waals surface area contributed by atoms with Crippen molar-refractivity contribution in [3.05, 3.63) is 4.91 Å². The van der Waals surface area contributed by atoms with Crippen LogP contribution in [0.3, 0.4) is 0 Å². The number of amidine groups is 1. The highest BCUT2D eigenvalue weighted by molar-refractivity contribution is 6.02. The Morgan fingerprint density at radius 1 is 1.82 bits per heavy atom. The molecule has 0 aromatic carbocycles. The summed E-state index contributed by atoms with van der Waals surface area (Å²) in [6.45, 7) is 1.72. The molecule has 6 nitrogen and oxygen atoms in total. The molecule has 0 saturated heterocycles. The fraction of sp³-hybridized carbons (Fsp3) is 0.600. The molecule has 3 N–H and O–H groups in total. The van der Waals surface area contributed by atoms with E-state index >= 15 is 0 Å². The maximum Gasteiger partial charge on any atom is 0.342 e. The van der Waals surface area contributed by atoms with Crippen LogP contribution >= 0.6 is 0 Å². The lowest BCUT2D eigenvalue weighted by molar-refractivity contribution is -0.142. The van der Waals surface area contributed by atoms with E-state index < -0.39 is 17.8 Å². The van der Waals surface area contributed by atoms with Gasteiger partial charge in [0.25, 0.3) is 0 Å². The van der Waals surface area contributed by atoms with Crippen molar-refractivity contribution < 1.29 is 9.53 Å². The molecule has 0 aliphatic carbocycles. The second-order valence-electron chi connectivity index (χ2n) is 1.72. The Kier molecular flexibility index (Phi) is 3.79. The Bertz CT molecular complexity index is 180. The topological polar surface area (TPSA) is 106 Å². The zero-order valence-electron chi connectivity index (χ0n) is 6.03. The maximum absolute atomic E-state index is 10.7.